The highest BCUT2D eigenvalue weighted by atomic mass is 19.1. The summed E-state index contributed by atoms with van der Waals surface area (Å²) in [5, 5.41) is 2.77. The van der Waals surface area contributed by atoms with E-state index in [0.29, 0.717) is 12.1 Å². The molecule has 0 aliphatic carbocycles. The Balaban J connectivity index is 1.87. The number of carbonyl (C=O) groups excluding carboxylic acids is 2. The molecular formula is C20H22FNO3. The van der Waals surface area contributed by atoms with Crippen molar-refractivity contribution in [2.75, 3.05) is 6.54 Å². The Labute approximate surface area is 147 Å². The van der Waals surface area contributed by atoms with E-state index in [1.807, 2.05) is 37.3 Å². The van der Waals surface area contributed by atoms with Gasteiger partial charge in [0.05, 0.1) is 5.56 Å². The van der Waals surface area contributed by atoms with Crippen molar-refractivity contribution in [3.8, 4) is 0 Å². The van der Waals surface area contributed by atoms with Gasteiger partial charge in [-0.3, -0.25) is 4.79 Å². The van der Waals surface area contributed by atoms with Crippen LogP contribution in [0, 0.1) is 12.7 Å². The zero-order chi connectivity index (χ0) is 18.4. The fourth-order valence-electron chi connectivity index (χ4n) is 2.30. The molecule has 1 N–H and O–H groups in total. The Bertz CT molecular complexity index is 746. The Morgan fingerprint density at radius 1 is 1.12 bits per heavy atom. The Kier molecular flexibility index (Phi) is 6.28. The van der Waals surface area contributed by atoms with Crippen LogP contribution in [0.25, 0.3) is 0 Å². The second-order valence-electron chi connectivity index (χ2n) is 6.07. The number of halogens is 1. The summed E-state index contributed by atoms with van der Waals surface area (Å²) in [6.07, 6.45) is -0.958. The number of carbonyl (C=O) groups is 2. The average molecular weight is 343 g/mol. The molecule has 0 bridgehead atoms. The van der Waals surface area contributed by atoms with Crippen LogP contribution in [-0.2, 0) is 9.53 Å². The van der Waals surface area contributed by atoms with Crippen LogP contribution < -0.4 is 5.32 Å². The van der Waals surface area contributed by atoms with Gasteiger partial charge in [0.25, 0.3) is 5.91 Å². The molecule has 0 fully saturated rings. The van der Waals surface area contributed by atoms with E-state index in [-0.39, 0.29) is 17.4 Å². The lowest BCUT2D eigenvalue weighted by atomic mass is 10.0. The number of esters is 1. The van der Waals surface area contributed by atoms with E-state index < -0.39 is 17.9 Å². The van der Waals surface area contributed by atoms with E-state index in [2.05, 4.69) is 5.32 Å². The molecule has 0 radical (unpaired) electrons. The maximum absolute atomic E-state index is 13.5. The van der Waals surface area contributed by atoms with Crippen molar-refractivity contribution in [1.82, 2.24) is 5.32 Å². The fourth-order valence-corrected chi connectivity index (χ4v) is 2.30. The first kappa shape index (κ1) is 18.6. The van der Waals surface area contributed by atoms with Crippen molar-refractivity contribution in [2.24, 2.45) is 0 Å². The molecule has 0 spiro atoms. The van der Waals surface area contributed by atoms with Crippen LogP contribution in [-0.4, -0.2) is 24.5 Å². The zero-order valence-corrected chi connectivity index (χ0v) is 14.6. The third kappa shape index (κ3) is 5.14. The first-order chi connectivity index (χ1) is 11.9. The monoisotopic (exact) mass is 343 g/mol. The summed E-state index contributed by atoms with van der Waals surface area (Å²) in [4.78, 5) is 24.1. The van der Waals surface area contributed by atoms with Crippen molar-refractivity contribution in [1.29, 1.82) is 0 Å². The third-order valence-corrected chi connectivity index (χ3v) is 4.01. The van der Waals surface area contributed by atoms with E-state index in [4.69, 9.17) is 4.74 Å². The summed E-state index contributed by atoms with van der Waals surface area (Å²) < 4.78 is 18.6. The number of amides is 1. The van der Waals surface area contributed by atoms with Gasteiger partial charge in [-0.25, -0.2) is 9.18 Å². The molecule has 0 heterocycles. The maximum Gasteiger partial charge on any atom is 0.339 e. The van der Waals surface area contributed by atoms with E-state index in [1.165, 1.54) is 19.1 Å². The normalized spacial score (nSPS) is 13.0. The molecule has 0 aliphatic heterocycles. The molecule has 132 valence electrons. The first-order valence-corrected chi connectivity index (χ1v) is 8.18. The van der Waals surface area contributed by atoms with Crippen LogP contribution in [0.3, 0.4) is 0 Å². The largest absolute Gasteiger partial charge is 0.449 e. The average Bonchev–Trinajstić information content (AvgIpc) is 2.62. The van der Waals surface area contributed by atoms with Crippen LogP contribution in [0.1, 0.15) is 41.3 Å². The first-order valence-electron chi connectivity index (χ1n) is 8.18. The zero-order valence-electron chi connectivity index (χ0n) is 14.6. The van der Waals surface area contributed by atoms with Crippen molar-refractivity contribution in [2.45, 2.75) is 32.8 Å². The second-order valence-corrected chi connectivity index (χ2v) is 6.07. The predicted octanol–water partition coefficient (Wildman–Crippen LogP) is 3.60. The molecule has 25 heavy (non-hydrogen) atoms. The minimum atomic E-state index is -0.958. The van der Waals surface area contributed by atoms with Gasteiger partial charge >= 0.3 is 5.97 Å². The minimum absolute atomic E-state index is 0.0837. The van der Waals surface area contributed by atoms with Gasteiger partial charge in [-0.15, -0.1) is 0 Å². The van der Waals surface area contributed by atoms with Gasteiger partial charge in [0, 0.05) is 6.54 Å². The molecule has 0 aromatic heterocycles. The molecule has 2 rings (SSSR count). The summed E-state index contributed by atoms with van der Waals surface area (Å²) in [7, 11) is 0. The fraction of sp³-hybridized carbons (Fsp3) is 0.300. The standard InChI is InChI=1S/C20H22FNO3/c1-13-9-10-17(11-18(13)21)20(24)25-15(3)19(23)22-12-14(2)16-7-5-4-6-8-16/h4-11,14-15H,12H2,1-3H3,(H,22,23)/t14-,15-/m0/s1. The summed E-state index contributed by atoms with van der Waals surface area (Å²) in [5.74, 6) is -1.45. The van der Waals surface area contributed by atoms with Crippen LogP contribution in [0.4, 0.5) is 4.39 Å². The van der Waals surface area contributed by atoms with Crippen LogP contribution in [0.2, 0.25) is 0 Å². The van der Waals surface area contributed by atoms with Gasteiger partial charge in [-0.2, -0.15) is 0 Å². The van der Waals surface area contributed by atoms with E-state index in [1.54, 1.807) is 6.92 Å². The van der Waals surface area contributed by atoms with Crippen LogP contribution >= 0.6 is 0 Å². The smallest absolute Gasteiger partial charge is 0.339 e. The number of hydrogen-bond donors (Lipinski definition) is 1. The van der Waals surface area contributed by atoms with Crippen LogP contribution in [0.5, 0.6) is 0 Å². The lowest BCUT2D eigenvalue weighted by Crippen LogP contribution is -2.37. The molecule has 1 amide bonds. The Morgan fingerprint density at radius 3 is 2.44 bits per heavy atom. The van der Waals surface area contributed by atoms with Gasteiger partial charge in [0.1, 0.15) is 5.82 Å². The number of benzene rings is 2. The minimum Gasteiger partial charge on any atom is -0.449 e. The van der Waals surface area contributed by atoms with Gasteiger partial charge < -0.3 is 10.1 Å². The molecule has 4 nitrogen and oxygen atoms in total. The summed E-state index contributed by atoms with van der Waals surface area (Å²) >= 11 is 0. The number of rotatable bonds is 6. The number of nitrogens with one attached hydrogen (secondary N) is 1. The number of aryl methyl sites for hydroxylation is 1. The maximum atomic E-state index is 13.5. The summed E-state index contributed by atoms with van der Waals surface area (Å²) in [5.41, 5.74) is 1.64. The quantitative estimate of drug-likeness (QED) is 0.816. The highest BCUT2D eigenvalue weighted by Crippen LogP contribution is 2.14. The van der Waals surface area contributed by atoms with Gasteiger partial charge in [-0.1, -0.05) is 43.3 Å². The highest BCUT2D eigenvalue weighted by Gasteiger charge is 2.20. The molecule has 0 saturated carbocycles. The molecule has 0 unspecified atom stereocenters. The van der Waals surface area contributed by atoms with Gasteiger partial charge in [-0.05, 0) is 43.0 Å². The van der Waals surface area contributed by atoms with E-state index >= 15 is 0 Å². The number of ether oxygens (including phenoxy) is 1. The van der Waals surface area contributed by atoms with Crippen LogP contribution in [0.15, 0.2) is 48.5 Å². The van der Waals surface area contributed by atoms with E-state index in [9.17, 15) is 14.0 Å². The highest BCUT2D eigenvalue weighted by molar-refractivity contribution is 5.92. The molecule has 0 saturated heterocycles. The topological polar surface area (TPSA) is 55.4 Å². The van der Waals surface area contributed by atoms with E-state index in [0.717, 1.165) is 11.6 Å². The van der Waals surface area contributed by atoms with Crippen molar-refractivity contribution in [3.63, 3.8) is 0 Å². The lowest BCUT2D eigenvalue weighted by Gasteiger charge is -2.16. The summed E-state index contributed by atoms with van der Waals surface area (Å²) in [6.45, 7) is 5.53. The lowest BCUT2D eigenvalue weighted by molar-refractivity contribution is -0.129. The molecule has 5 heteroatoms. The van der Waals surface area contributed by atoms with Gasteiger partial charge in [0.2, 0.25) is 0 Å². The Hall–Kier alpha value is -2.69. The van der Waals surface area contributed by atoms with Crippen molar-refractivity contribution in [3.05, 3.63) is 71.0 Å². The second kappa shape index (κ2) is 8.42. The molecule has 2 aromatic rings. The summed E-state index contributed by atoms with van der Waals surface area (Å²) in [6, 6.07) is 13.9. The third-order valence-electron chi connectivity index (χ3n) is 4.01. The predicted molar refractivity (Wildman–Crippen MR) is 93.9 cm³/mol. The molecular weight excluding hydrogens is 321 g/mol. The SMILES string of the molecule is Cc1ccc(C(=O)O[C@@H](C)C(=O)NC[C@H](C)c2ccccc2)cc1F. The van der Waals surface area contributed by atoms with Gasteiger partial charge in [0.15, 0.2) is 6.10 Å². The molecule has 0 aliphatic rings. The number of hydrogen-bond acceptors (Lipinski definition) is 3. The Morgan fingerprint density at radius 2 is 1.80 bits per heavy atom. The van der Waals surface area contributed by atoms with Crippen molar-refractivity contribution >= 4 is 11.9 Å². The molecule has 2 aromatic carbocycles. The molecule has 2 atom stereocenters. The van der Waals surface area contributed by atoms with Crippen molar-refractivity contribution < 1.29 is 18.7 Å².